The van der Waals surface area contributed by atoms with Gasteiger partial charge in [0.2, 0.25) is 0 Å². The predicted molar refractivity (Wildman–Crippen MR) is 101 cm³/mol. The van der Waals surface area contributed by atoms with E-state index in [0.29, 0.717) is 6.04 Å². The van der Waals surface area contributed by atoms with E-state index in [4.69, 9.17) is 9.47 Å². The van der Waals surface area contributed by atoms with Gasteiger partial charge in [-0.25, -0.2) is 4.79 Å². The second-order valence-corrected chi connectivity index (χ2v) is 7.61. The van der Waals surface area contributed by atoms with Crippen molar-refractivity contribution in [2.45, 2.75) is 65.0 Å². The quantitative estimate of drug-likeness (QED) is 0.839. The summed E-state index contributed by atoms with van der Waals surface area (Å²) in [5, 5.41) is 3.58. The molecule has 1 atom stereocenters. The standard InChI is InChI=1S/C20H32N2O3/c1-5-15-24-18-10-8-17(9-11-18)21-16-7-6-13-22(14-12-16)19(23)25-20(2,3)4/h8-11,16,21H,5-7,12-15H2,1-4H3. The molecule has 1 fully saturated rings. The summed E-state index contributed by atoms with van der Waals surface area (Å²) in [6.07, 6.45) is 3.76. The number of rotatable bonds is 5. The molecular formula is C20H32N2O3. The zero-order valence-corrected chi connectivity index (χ0v) is 16.0. The maximum absolute atomic E-state index is 12.2. The van der Waals surface area contributed by atoms with Crippen LogP contribution in [0.1, 0.15) is 53.4 Å². The largest absolute Gasteiger partial charge is 0.494 e. The summed E-state index contributed by atoms with van der Waals surface area (Å²) in [6, 6.07) is 8.49. The number of hydrogen-bond donors (Lipinski definition) is 1. The van der Waals surface area contributed by atoms with E-state index in [0.717, 1.165) is 56.8 Å². The number of carbonyl (C=O) groups excluding carboxylic acids is 1. The number of anilines is 1. The van der Waals surface area contributed by atoms with Gasteiger partial charge in [-0.2, -0.15) is 0 Å². The van der Waals surface area contributed by atoms with Crippen molar-refractivity contribution in [3.8, 4) is 5.75 Å². The van der Waals surface area contributed by atoms with E-state index in [1.165, 1.54) is 0 Å². The number of benzene rings is 1. The molecule has 5 heteroatoms. The van der Waals surface area contributed by atoms with Crippen LogP contribution in [-0.2, 0) is 4.74 Å². The Morgan fingerprint density at radius 1 is 1.20 bits per heavy atom. The van der Waals surface area contributed by atoms with Crippen LogP contribution in [0.3, 0.4) is 0 Å². The topological polar surface area (TPSA) is 50.8 Å². The van der Waals surface area contributed by atoms with Crippen molar-refractivity contribution in [3.63, 3.8) is 0 Å². The maximum Gasteiger partial charge on any atom is 0.410 e. The van der Waals surface area contributed by atoms with Crippen LogP contribution in [0, 0.1) is 0 Å². The molecule has 1 aromatic rings. The van der Waals surface area contributed by atoms with Gasteiger partial charge >= 0.3 is 6.09 Å². The highest BCUT2D eigenvalue weighted by Crippen LogP contribution is 2.21. The summed E-state index contributed by atoms with van der Waals surface area (Å²) < 4.78 is 11.1. The molecule has 25 heavy (non-hydrogen) atoms. The fourth-order valence-electron chi connectivity index (χ4n) is 2.85. The highest BCUT2D eigenvalue weighted by atomic mass is 16.6. The molecule has 0 bridgehead atoms. The molecule has 0 aromatic heterocycles. The van der Waals surface area contributed by atoms with Crippen molar-refractivity contribution < 1.29 is 14.3 Å². The van der Waals surface area contributed by atoms with Crippen molar-refractivity contribution in [2.24, 2.45) is 0 Å². The first-order valence-electron chi connectivity index (χ1n) is 9.34. The average Bonchev–Trinajstić information content (AvgIpc) is 2.78. The highest BCUT2D eigenvalue weighted by molar-refractivity contribution is 5.68. The lowest BCUT2D eigenvalue weighted by molar-refractivity contribution is 0.0256. The minimum atomic E-state index is -0.442. The van der Waals surface area contributed by atoms with Crippen LogP contribution < -0.4 is 10.1 Å². The summed E-state index contributed by atoms with van der Waals surface area (Å²) in [5.74, 6) is 0.907. The normalized spacial score (nSPS) is 18.4. The summed E-state index contributed by atoms with van der Waals surface area (Å²) in [6.45, 7) is 10.0. The Labute approximate surface area is 151 Å². The lowest BCUT2D eigenvalue weighted by Crippen LogP contribution is -2.37. The van der Waals surface area contributed by atoms with Crippen LogP contribution in [0.15, 0.2) is 24.3 Å². The first-order chi connectivity index (χ1) is 11.9. The smallest absolute Gasteiger partial charge is 0.410 e. The summed E-state index contributed by atoms with van der Waals surface area (Å²) >= 11 is 0. The van der Waals surface area contributed by atoms with Crippen molar-refractivity contribution in [1.29, 1.82) is 0 Å². The minimum absolute atomic E-state index is 0.203. The van der Waals surface area contributed by atoms with Crippen molar-refractivity contribution in [2.75, 3.05) is 25.0 Å². The molecule has 1 saturated heterocycles. The number of hydrogen-bond acceptors (Lipinski definition) is 4. The van der Waals surface area contributed by atoms with Gasteiger partial charge in [0.1, 0.15) is 11.4 Å². The highest BCUT2D eigenvalue weighted by Gasteiger charge is 2.25. The second-order valence-electron chi connectivity index (χ2n) is 7.61. The SMILES string of the molecule is CCCOc1ccc(NC2CCCN(C(=O)OC(C)(C)C)CC2)cc1. The van der Waals surface area contributed by atoms with Crippen molar-refractivity contribution >= 4 is 11.8 Å². The van der Waals surface area contributed by atoms with Gasteiger partial charge in [0, 0.05) is 24.8 Å². The van der Waals surface area contributed by atoms with Crippen LogP contribution in [0.2, 0.25) is 0 Å². The Bertz CT molecular complexity index is 537. The lowest BCUT2D eigenvalue weighted by atomic mass is 10.1. The Morgan fingerprint density at radius 2 is 1.92 bits per heavy atom. The molecule has 1 aromatic carbocycles. The summed E-state index contributed by atoms with van der Waals surface area (Å²) in [7, 11) is 0. The van der Waals surface area contributed by atoms with Crippen LogP contribution >= 0.6 is 0 Å². The Balaban J connectivity index is 1.83. The molecule has 0 spiro atoms. The molecular weight excluding hydrogens is 316 g/mol. The molecule has 0 aliphatic carbocycles. The Morgan fingerprint density at radius 3 is 2.56 bits per heavy atom. The van der Waals surface area contributed by atoms with Gasteiger partial charge in [0.25, 0.3) is 0 Å². The molecule has 1 heterocycles. The number of carbonyl (C=O) groups is 1. The molecule has 5 nitrogen and oxygen atoms in total. The molecule has 1 unspecified atom stereocenters. The Hall–Kier alpha value is -1.91. The number of likely N-dealkylation sites (tertiary alicyclic amines) is 1. The first-order valence-corrected chi connectivity index (χ1v) is 9.34. The zero-order chi connectivity index (χ0) is 18.3. The molecule has 2 rings (SSSR count). The molecule has 0 radical (unpaired) electrons. The first kappa shape index (κ1) is 19.4. The van der Waals surface area contributed by atoms with Gasteiger partial charge in [-0.3, -0.25) is 0 Å². The van der Waals surface area contributed by atoms with Gasteiger partial charge in [-0.05, 0) is 70.7 Å². The van der Waals surface area contributed by atoms with E-state index < -0.39 is 5.60 Å². The fraction of sp³-hybridized carbons (Fsp3) is 0.650. The van der Waals surface area contributed by atoms with Gasteiger partial charge in [-0.15, -0.1) is 0 Å². The van der Waals surface area contributed by atoms with E-state index in [9.17, 15) is 4.79 Å². The van der Waals surface area contributed by atoms with E-state index in [-0.39, 0.29) is 6.09 Å². The third-order valence-electron chi connectivity index (χ3n) is 4.08. The number of ether oxygens (including phenoxy) is 2. The monoisotopic (exact) mass is 348 g/mol. The van der Waals surface area contributed by atoms with E-state index >= 15 is 0 Å². The van der Waals surface area contributed by atoms with E-state index in [1.807, 2.05) is 37.8 Å². The van der Waals surface area contributed by atoms with Crippen LogP contribution in [0.5, 0.6) is 5.75 Å². The zero-order valence-electron chi connectivity index (χ0n) is 16.0. The van der Waals surface area contributed by atoms with Crippen molar-refractivity contribution in [3.05, 3.63) is 24.3 Å². The Kier molecular flexibility index (Phi) is 6.97. The summed E-state index contributed by atoms with van der Waals surface area (Å²) in [5.41, 5.74) is 0.655. The van der Waals surface area contributed by atoms with Crippen LogP contribution in [0.25, 0.3) is 0 Å². The van der Waals surface area contributed by atoms with Gasteiger partial charge in [0.05, 0.1) is 6.61 Å². The molecule has 140 valence electrons. The van der Waals surface area contributed by atoms with Gasteiger partial charge in [0.15, 0.2) is 0 Å². The third-order valence-corrected chi connectivity index (χ3v) is 4.08. The van der Waals surface area contributed by atoms with Gasteiger partial charge in [-0.1, -0.05) is 6.92 Å². The lowest BCUT2D eigenvalue weighted by Gasteiger charge is -2.26. The molecule has 1 amide bonds. The maximum atomic E-state index is 12.2. The van der Waals surface area contributed by atoms with Crippen molar-refractivity contribution in [1.82, 2.24) is 4.90 Å². The van der Waals surface area contributed by atoms with Crippen LogP contribution in [0.4, 0.5) is 10.5 Å². The number of nitrogens with zero attached hydrogens (tertiary/aromatic N) is 1. The third kappa shape index (κ3) is 6.85. The van der Waals surface area contributed by atoms with Crippen LogP contribution in [-0.4, -0.2) is 42.3 Å². The second kappa shape index (κ2) is 8.97. The van der Waals surface area contributed by atoms with Gasteiger partial charge < -0.3 is 19.7 Å². The average molecular weight is 348 g/mol. The number of nitrogens with one attached hydrogen (secondary N) is 1. The molecule has 1 N–H and O–H groups in total. The minimum Gasteiger partial charge on any atom is -0.494 e. The summed E-state index contributed by atoms with van der Waals surface area (Å²) in [4.78, 5) is 14.1. The van der Waals surface area contributed by atoms with E-state index in [1.54, 1.807) is 0 Å². The molecule has 1 aliphatic heterocycles. The molecule has 0 saturated carbocycles. The predicted octanol–water partition coefficient (Wildman–Crippen LogP) is 4.68. The van der Waals surface area contributed by atoms with E-state index in [2.05, 4.69) is 24.4 Å². The molecule has 1 aliphatic rings. The fourth-order valence-corrected chi connectivity index (χ4v) is 2.85. The number of amides is 1.